The highest BCUT2D eigenvalue weighted by Gasteiger charge is 2.00. The van der Waals surface area contributed by atoms with Crippen molar-refractivity contribution in [2.75, 3.05) is 12.3 Å². The van der Waals surface area contributed by atoms with Gasteiger partial charge in [-0.15, -0.1) is 11.3 Å². The molecule has 2 rings (SSSR count). The molecule has 2 aromatic heterocycles. The summed E-state index contributed by atoms with van der Waals surface area (Å²) >= 11 is 5.04. The Morgan fingerprint density at radius 3 is 3.12 bits per heavy atom. The molecule has 0 saturated carbocycles. The Bertz CT molecular complexity index is 411. The molecule has 16 heavy (non-hydrogen) atoms. The number of aromatic nitrogens is 2. The molecule has 0 bridgehead atoms. The molecule has 0 aliphatic heterocycles. The summed E-state index contributed by atoms with van der Waals surface area (Å²) in [7, 11) is 0. The second-order valence-electron chi connectivity index (χ2n) is 3.21. The molecule has 0 aliphatic rings. The minimum Gasteiger partial charge on any atom is -0.311 e. The molecule has 0 spiro atoms. The van der Waals surface area contributed by atoms with E-state index >= 15 is 0 Å². The van der Waals surface area contributed by atoms with Crippen LogP contribution in [0.5, 0.6) is 0 Å². The summed E-state index contributed by atoms with van der Waals surface area (Å²) < 4.78 is 5.21. The van der Waals surface area contributed by atoms with Crippen molar-refractivity contribution in [3.8, 4) is 0 Å². The Balaban J connectivity index is 1.59. The molecule has 0 atom stereocenters. The topological polar surface area (TPSA) is 37.8 Å². The molecule has 0 amide bonds. The zero-order chi connectivity index (χ0) is 11.2. The number of thioether (sulfide) groups is 1. The van der Waals surface area contributed by atoms with Gasteiger partial charge in [-0.2, -0.15) is 4.37 Å². The molecular weight excluding hydrogens is 258 g/mol. The van der Waals surface area contributed by atoms with Crippen LogP contribution in [0.25, 0.3) is 0 Å². The van der Waals surface area contributed by atoms with Gasteiger partial charge in [-0.05, 0) is 29.9 Å². The summed E-state index contributed by atoms with van der Waals surface area (Å²) in [6, 6.07) is 4.24. The van der Waals surface area contributed by atoms with Crippen LogP contribution >= 0.6 is 34.6 Å². The molecule has 86 valence electrons. The Hall–Kier alpha value is -0.430. The predicted octanol–water partition coefficient (Wildman–Crippen LogP) is 2.79. The summed E-state index contributed by atoms with van der Waals surface area (Å²) in [5, 5.41) is 5.52. The third-order valence-corrected chi connectivity index (χ3v) is 4.70. The van der Waals surface area contributed by atoms with Crippen molar-refractivity contribution in [2.24, 2.45) is 0 Å². The van der Waals surface area contributed by atoms with Crippen molar-refractivity contribution in [1.82, 2.24) is 14.7 Å². The van der Waals surface area contributed by atoms with Crippen LogP contribution in [0, 0.1) is 6.92 Å². The fourth-order valence-electron chi connectivity index (χ4n) is 1.17. The lowest BCUT2D eigenvalue weighted by atomic mass is 10.4. The maximum atomic E-state index is 4.30. The number of thiophene rings is 1. The van der Waals surface area contributed by atoms with Crippen molar-refractivity contribution in [3.63, 3.8) is 0 Å². The maximum absolute atomic E-state index is 4.30. The maximum Gasteiger partial charge on any atom is 0.170 e. The van der Waals surface area contributed by atoms with E-state index in [1.165, 1.54) is 16.4 Å². The van der Waals surface area contributed by atoms with E-state index in [1.807, 2.05) is 6.92 Å². The first-order valence-corrected chi connectivity index (χ1v) is 7.64. The fourth-order valence-corrected chi connectivity index (χ4v) is 3.46. The van der Waals surface area contributed by atoms with Gasteiger partial charge in [0, 0.05) is 23.7 Å². The van der Waals surface area contributed by atoms with Crippen LogP contribution < -0.4 is 5.32 Å². The zero-order valence-electron chi connectivity index (χ0n) is 8.97. The highest BCUT2D eigenvalue weighted by atomic mass is 32.2. The van der Waals surface area contributed by atoms with Crippen LogP contribution in [0.4, 0.5) is 0 Å². The second-order valence-corrected chi connectivity index (χ2v) is 6.34. The molecule has 0 aromatic carbocycles. The third-order valence-electron chi connectivity index (χ3n) is 1.89. The lowest BCUT2D eigenvalue weighted by molar-refractivity contribution is 0.741. The first-order chi connectivity index (χ1) is 7.84. The van der Waals surface area contributed by atoms with E-state index in [1.54, 1.807) is 23.1 Å². The molecule has 6 heteroatoms. The molecule has 2 heterocycles. The van der Waals surface area contributed by atoms with Crippen molar-refractivity contribution in [2.45, 2.75) is 17.8 Å². The summed E-state index contributed by atoms with van der Waals surface area (Å²) in [5.74, 6) is 1.92. The van der Waals surface area contributed by atoms with Gasteiger partial charge in [-0.3, -0.25) is 0 Å². The van der Waals surface area contributed by atoms with Gasteiger partial charge in [-0.1, -0.05) is 17.8 Å². The van der Waals surface area contributed by atoms with Gasteiger partial charge >= 0.3 is 0 Å². The fraction of sp³-hybridized carbons (Fsp3) is 0.400. The largest absolute Gasteiger partial charge is 0.311 e. The number of nitrogens with zero attached hydrogens (tertiary/aromatic N) is 2. The zero-order valence-corrected chi connectivity index (χ0v) is 11.4. The van der Waals surface area contributed by atoms with Crippen LogP contribution in [0.2, 0.25) is 0 Å². The average molecular weight is 271 g/mol. The molecule has 0 radical (unpaired) electrons. The number of rotatable bonds is 6. The molecule has 0 aliphatic carbocycles. The van der Waals surface area contributed by atoms with E-state index in [2.05, 4.69) is 32.2 Å². The van der Waals surface area contributed by atoms with Crippen LogP contribution in [0.3, 0.4) is 0 Å². The van der Waals surface area contributed by atoms with Gasteiger partial charge in [0.2, 0.25) is 0 Å². The van der Waals surface area contributed by atoms with Gasteiger partial charge in [-0.25, -0.2) is 4.98 Å². The minimum atomic E-state index is 0.874. The molecule has 0 unspecified atom stereocenters. The Labute approximate surface area is 107 Å². The van der Waals surface area contributed by atoms with Gasteiger partial charge in [0.1, 0.15) is 5.82 Å². The van der Waals surface area contributed by atoms with E-state index in [-0.39, 0.29) is 0 Å². The minimum absolute atomic E-state index is 0.874. The number of hydrogen-bond donors (Lipinski definition) is 1. The first kappa shape index (κ1) is 12.0. The molecule has 2 aromatic rings. The van der Waals surface area contributed by atoms with Crippen LogP contribution in [0.15, 0.2) is 21.9 Å². The highest BCUT2D eigenvalue weighted by Crippen LogP contribution is 2.18. The van der Waals surface area contributed by atoms with Crippen molar-refractivity contribution in [1.29, 1.82) is 0 Å². The van der Waals surface area contributed by atoms with E-state index in [9.17, 15) is 0 Å². The van der Waals surface area contributed by atoms with Gasteiger partial charge in [0.05, 0.1) is 0 Å². The third kappa shape index (κ3) is 3.86. The quantitative estimate of drug-likeness (QED) is 0.647. The molecule has 1 N–H and O–H groups in total. The lowest BCUT2D eigenvalue weighted by Gasteiger charge is -2.00. The number of hydrogen-bond acceptors (Lipinski definition) is 6. The smallest absolute Gasteiger partial charge is 0.170 e. The first-order valence-electron chi connectivity index (χ1n) is 5.01. The van der Waals surface area contributed by atoms with E-state index < -0.39 is 0 Å². The summed E-state index contributed by atoms with van der Waals surface area (Å²) in [5.41, 5.74) is 0. The average Bonchev–Trinajstić information content (AvgIpc) is 2.89. The van der Waals surface area contributed by atoms with Crippen LogP contribution in [-0.2, 0) is 6.54 Å². The summed E-state index contributed by atoms with van der Waals surface area (Å²) in [4.78, 5) is 5.69. The Morgan fingerprint density at radius 2 is 2.44 bits per heavy atom. The van der Waals surface area contributed by atoms with E-state index in [0.717, 1.165) is 29.0 Å². The number of aryl methyl sites for hydroxylation is 1. The molecule has 3 nitrogen and oxygen atoms in total. The SMILES string of the molecule is Cc1nsc(SCCNCc2cccs2)n1. The van der Waals surface area contributed by atoms with Crippen molar-refractivity contribution >= 4 is 34.6 Å². The van der Waals surface area contributed by atoms with Gasteiger partial charge in [0.25, 0.3) is 0 Å². The van der Waals surface area contributed by atoms with Crippen LogP contribution in [-0.4, -0.2) is 21.7 Å². The number of nitrogens with one attached hydrogen (secondary N) is 1. The monoisotopic (exact) mass is 271 g/mol. The summed E-state index contributed by atoms with van der Waals surface area (Å²) in [6.45, 7) is 3.89. The standard InChI is InChI=1S/C10H13N3S3/c1-8-12-10(16-13-8)15-6-4-11-7-9-3-2-5-14-9/h2-3,5,11H,4,6-7H2,1H3. The van der Waals surface area contributed by atoms with Crippen LogP contribution in [0.1, 0.15) is 10.7 Å². The normalized spacial score (nSPS) is 10.8. The van der Waals surface area contributed by atoms with E-state index in [0.29, 0.717) is 0 Å². The highest BCUT2D eigenvalue weighted by molar-refractivity contribution is 8.00. The van der Waals surface area contributed by atoms with Gasteiger partial charge < -0.3 is 5.32 Å². The van der Waals surface area contributed by atoms with Gasteiger partial charge in [0.15, 0.2) is 4.34 Å². The molecular formula is C10H13N3S3. The second kappa shape index (κ2) is 6.34. The molecule has 0 fully saturated rings. The predicted molar refractivity (Wildman–Crippen MR) is 71.4 cm³/mol. The molecule has 0 saturated heterocycles. The Kier molecular flexibility index (Phi) is 4.77. The lowest BCUT2D eigenvalue weighted by Crippen LogP contribution is -2.15. The van der Waals surface area contributed by atoms with E-state index in [4.69, 9.17) is 0 Å². The Morgan fingerprint density at radius 1 is 1.50 bits per heavy atom. The summed E-state index contributed by atoms with van der Waals surface area (Å²) in [6.07, 6.45) is 0. The van der Waals surface area contributed by atoms with Crippen molar-refractivity contribution in [3.05, 3.63) is 28.2 Å². The van der Waals surface area contributed by atoms with Crippen molar-refractivity contribution < 1.29 is 0 Å².